The van der Waals surface area contributed by atoms with Crippen LogP contribution in [-0.2, 0) is 12.4 Å². The molecule has 0 atom stereocenters. The minimum absolute atomic E-state index is 0. The predicted octanol–water partition coefficient (Wildman–Crippen LogP) is 0.528. The van der Waals surface area contributed by atoms with Crippen molar-refractivity contribution in [2.75, 3.05) is 0 Å². The first kappa shape index (κ1) is 14.4. The maximum Gasteiger partial charge on any atom is 1.00 e. The van der Waals surface area contributed by atoms with Crippen LogP contribution in [-0.4, -0.2) is 0 Å². The first-order chi connectivity index (χ1) is 6.21. The van der Waals surface area contributed by atoms with Gasteiger partial charge in [-0.25, -0.2) is 0 Å². The van der Waals surface area contributed by atoms with Crippen LogP contribution < -0.4 is 18.9 Å². The third-order valence-electron chi connectivity index (χ3n) is 1.43. The van der Waals surface area contributed by atoms with Gasteiger partial charge in [0, 0.05) is 0 Å². The van der Waals surface area contributed by atoms with Crippen LogP contribution in [0, 0.1) is 6.07 Å². The molecular weight excluding hydrogens is 217 g/mol. The fourth-order valence-electron chi connectivity index (χ4n) is 0.806. The summed E-state index contributed by atoms with van der Waals surface area (Å²) in [5.41, 5.74) is -2.75. The molecule has 0 bridgehead atoms. The van der Waals surface area contributed by atoms with Gasteiger partial charge in [-0.15, -0.1) is 6.07 Å². The van der Waals surface area contributed by atoms with Gasteiger partial charge < -0.3 is 0 Å². The van der Waals surface area contributed by atoms with E-state index >= 15 is 0 Å². The van der Waals surface area contributed by atoms with Crippen LogP contribution in [0.1, 0.15) is 11.1 Å². The summed E-state index contributed by atoms with van der Waals surface area (Å²) in [6, 6.07) is 2.86. The van der Waals surface area contributed by atoms with Gasteiger partial charge in [-0.2, -0.15) is 44.5 Å². The zero-order valence-corrected chi connectivity index (χ0v) is 7.50. The molecule has 0 unspecified atom stereocenters. The number of hydrogen-bond donors (Lipinski definition) is 0. The molecule has 0 aliphatic carbocycles. The first-order valence-electron chi connectivity index (χ1n) is 3.37. The van der Waals surface area contributed by atoms with Crippen LogP contribution in [0.3, 0.4) is 0 Å². The summed E-state index contributed by atoms with van der Waals surface area (Å²) in [7, 11) is 0. The Balaban J connectivity index is 0.00000196. The van der Waals surface area contributed by atoms with Crippen molar-refractivity contribution < 1.29 is 45.2 Å². The van der Waals surface area contributed by atoms with Gasteiger partial charge in [-0.1, -0.05) is 11.1 Å². The second-order valence-corrected chi connectivity index (χ2v) is 2.49. The van der Waals surface area contributed by atoms with Gasteiger partial charge in [0.25, 0.3) is 0 Å². The summed E-state index contributed by atoms with van der Waals surface area (Å²) in [4.78, 5) is 0. The average molecular weight is 220 g/mol. The van der Waals surface area contributed by atoms with E-state index in [1.165, 1.54) is 0 Å². The molecule has 0 N–H and O–H groups in total. The van der Waals surface area contributed by atoms with E-state index < -0.39 is 23.5 Å². The summed E-state index contributed by atoms with van der Waals surface area (Å²) in [6.07, 6.45) is -9.57. The molecule has 0 radical (unpaired) electrons. The third kappa shape index (κ3) is 3.80. The summed E-state index contributed by atoms with van der Waals surface area (Å²) < 4.78 is 71.8. The molecule has 0 heterocycles. The molecule has 0 aliphatic heterocycles. The molecule has 15 heavy (non-hydrogen) atoms. The van der Waals surface area contributed by atoms with Gasteiger partial charge in [0.2, 0.25) is 0 Å². The van der Waals surface area contributed by atoms with Crippen molar-refractivity contribution >= 4 is 0 Å². The topological polar surface area (TPSA) is 0 Å². The van der Waals surface area contributed by atoms with Gasteiger partial charge in [0.05, 0.1) is 0 Å². The van der Waals surface area contributed by atoms with E-state index in [1.807, 2.05) is 0 Å². The summed E-state index contributed by atoms with van der Waals surface area (Å²) in [5, 5.41) is 0. The standard InChI is InChI=1S/C8H3F6.Li/c9-7(10,11)5-2-1-3-6(4-5)8(12,13)14;/h1-2,4H;/q-1;+1. The summed E-state index contributed by atoms with van der Waals surface area (Å²) in [5.74, 6) is 0. The molecule has 0 aromatic heterocycles. The van der Waals surface area contributed by atoms with Crippen molar-refractivity contribution in [1.29, 1.82) is 0 Å². The van der Waals surface area contributed by atoms with Crippen molar-refractivity contribution in [3.8, 4) is 0 Å². The zero-order valence-electron chi connectivity index (χ0n) is 7.50. The Hall–Kier alpha value is -0.603. The van der Waals surface area contributed by atoms with Crippen molar-refractivity contribution in [3.63, 3.8) is 0 Å². The molecule has 1 aromatic rings. The Bertz CT molecular complexity index is 297. The van der Waals surface area contributed by atoms with Crippen molar-refractivity contribution in [2.24, 2.45) is 0 Å². The number of benzene rings is 1. The fraction of sp³-hybridized carbons (Fsp3) is 0.250. The minimum Gasteiger partial charge on any atom is -0.176 e. The van der Waals surface area contributed by atoms with Gasteiger partial charge in [-0.3, -0.25) is 0 Å². The fourth-order valence-corrected chi connectivity index (χ4v) is 0.806. The van der Waals surface area contributed by atoms with E-state index in [0.717, 1.165) is 0 Å². The van der Waals surface area contributed by atoms with Crippen LogP contribution in [0.2, 0.25) is 0 Å². The molecule has 0 nitrogen and oxygen atoms in total. The van der Waals surface area contributed by atoms with E-state index in [4.69, 9.17) is 0 Å². The monoisotopic (exact) mass is 220 g/mol. The van der Waals surface area contributed by atoms with Gasteiger partial charge in [0.1, 0.15) is 0 Å². The van der Waals surface area contributed by atoms with Crippen LogP contribution >= 0.6 is 0 Å². The minimum atomic E-state index is -4.80. The van der Waals surface area contributed by atoms with E-state index in [-0.39, 0.29) is 24.9 Å². The molecule has 0 spiro atoms. The smallest absolute Gasteiger partial charge is 0.176 e. The Kier molecular flexibility index (Phi) is 4.32. The second kappa shape index (κ2) is 4.50. The van der Waals surface area contributed by atoms with Crippen molar-refractivity contribution in [3.05, 3.63) is 35.4 Å². The number of rotatable bonds is 0. The Morgan fingerprint density at radius 2 is 1.47 bits per heavy atom. The molecule has 0 amide bonds. The Labute approximate surface area is 93.5 Å². The van der Waals surface area contributed by atoms with E-state index in [0.29, 0.717) is 12.1 Å². The molecule has 0 saturated carbocycles. The maximum absolute atomic E-state index is 12.0. The van der Waals surface area contributed by atoms with Crippen LogP contribution in [0.15, 0.2) is 18.2 Å². The summed E-state index contributed by atoms with van der Waals surface area (Å²) in [6.45, 7) is 0. The van der Waals surface area contributed by atoms with E-state index in [1.54, 1.807) is 6.07 Å². The molecule has 0 saturated heterocycles. The average Bonchev–Trinajstić information content (AvgIpc) is 2.01. The molecule has 0 fully saturated rings. The summed E-state index contributed by atoms with van der Waals surface area (Å²) >= 11 is 0. The van der Waals surface area contributed by atoms with Crippen LogP contribution in [0.4, 0.5) is 26.3 Å². The largest absolute Gasteiger partial charge is 1.00 e. The second-order valence-electron chi connectivity index (χ2n) is 2.49. The van der Waals surface area contributed by atoms with Gasteiger partial charge >= 0.3 is 31.2 Å². The number of halogens is 6. The maximum atomic E-state index is 12.0. The van der Waals surface area contributed by atoms with Crippen molar-refractivity contribution in [1.82, 2.24) is 0 Å². The van der Waals surface area contributed by atoms with E-state index in [2.05, 4.69) is 0 Å². The first-order valence-corrected chi connectivity index (χ1v) is 3.37. The molecular formula is C8H3F6Li. The Morgan fingerprint density at radius 3 is 1.87 bits per heavy atom. The quantitative estimate of drug-likeness (QED) is 0.340. The molecule has 1 rings (SSSR count). The molecule has 1 aromatic carbocycles. The number of alkyl halides is 6. The van der Waals surface area contributed by atoms with E-state index in [9.17, 15) is 26.3 Å². The Morgan fingerprint density at radius 1 is 0.933 bits per heavy atom. The van der Waals surface area contributed by atoms with Gasteiger partial charge in [0.15, 0.2) is 0 Å². The van der Waals surface area contributed by atoms with Crippen molar-refractivity contribution in [2.45, 2.75) is 12.4 Å². The van der Waals surface area contributed by atoms with Crippen LogP contribution in [0.5, 0.6) is 0 Å². The normalized spacial score (nSPS) is 12.1. The van der Waals surface area contributed by atoms with Crippen LogP contribution in [0.25, 0.3) is 0 Å². The van der Waals surface area contributed by atoms with Gasteiger partial charge in [-0.05, 0) is 0 Å². The molecule has 0 aliphatic rings. The zero-order chi connectivity index (χ0) is 11.0. The SMILES string of the molecule is FC(F)(F)c1[c-]ccc(C(F)(F)F)c1.[Li+]. The predicted molar refractivity (Wildman–Crippen MR) is 35.3 cm³/mol. The number of hydrogen-bond acceptors (Lipinski definition) is 0. The third-order valence-corrected chi connectivity index (χ3v) is 1.43. The molecule has 7 heteroatoms. The molecule has 78 valence electrons.